The van der Waals surface area contributed by atoms with Crippen molar-refractivity contribution in [1.82, 2.24) is 30.3 Å². The number of rotatable bonds is 7. The molecule has 1 unspecified atom stereocenters. The third-order valence-electron chi connectivity index (χ3n) is 5.27. The predicted octanol–water partition coefficient (Wildman–Crippen LogP) is 3.15. The number of aromatic nitrogens is 3. The Morgan fingerprint density at radius 1 is 1.37 bits per heavy atom. The molecule has 3 aromatic rings. The Hall–Kier alpha value is -3.35. The maximum Gasteiger partial charge on any atom is 0.391 e. The summed E-state index contributed by atoms with van der Waals surface area (Å²) in [6.45, 7) is 1.46. The van der Waals surface area contributed by atoms with E-state index >= 15 is 0 Å². The van der Waals surface area contributed by atoms with Gasteiger partial charge in [0.15, 0.2) is 5.65 Å². The monoisotopic (exact) mass is 510 g/mol. The van der Waals surface area contributed by atoms with Gasteiger partial charge in [0.2, 0.25) is 0 Å². The van der Waals surface area contributed by atoms with Crippen LogP contribution in [-0.2, 0) is 0 Å². The summed E-state index contributed by atoms with van der Waals surface area (Å²) in [7, 11) is 1.46. The molecular formula is C22H22ClF3N6O3. The summed E-state index contributed by atoms with van der Waals surface area (Å²) in [6.07, 6.45) is -1.47. The zero-order chi connectivity index (χ0) is 25.3. The van der Waals surface area contributed by atoms with Gasteiger partial charge in [0.1, 0.15) is 11.3 Å². The van der Waals surface area contributed by atoms with E-state index < -0.39 is 30.7 Å². The number of nitrogens with zero attached hydrogens (tertiary/aromatic N) is 4. The van der Waals surface area contributed by atoms with Crippen LogP contribution in [0.4, 0.5) is 13.2 Å². The summed E-state index contributed by atoms with van der Waals surface area (Å²) in [5.41, 5.74) is 5.24. The second-order valence-electron chi connectivity index (χ2n) is 8.07. The SMILES string of the molecule is COc1ccc(Cl)cc1C1NN(C[C@@H](O)CC(F)(F)F)C=C1NC(=O)c1cnn2cc(C)cnc12. The van der Waals surface area contributed by atoms with Crippen LogP contribution in [0.5, 0.6) is 5.75 Å². The first-order chi connectivity index (χ1) is 16.5. The van der Waals surface area contributed by atoms with Crippen LogP contribution in [0.1, 0.15) is 33.9 Å². The largest absolute Gasteiger partial charge is 0.496 e. The van der Waals surface area contributed by atoms with Gasteiger partial charge in [-0.1, -0.05) is 11.6 Å². The van der Waals surface area contributed by atoms with E-state index in [0.29, 0.717) is 27.7 Å². The number of fused-ring (bicyclic) bond motifs is 1. The van der Waals surface area contributed by atoms with Crippen LogP contribution in [0.3, 0.4) is 0 Å². The average Bonchev–Trinajstić information content (AvgIpc) is 3.35. The minimum Gasteiger partial charge on any atom is -0.496 e. The normalized spacial score (nSPS) is 16.9. The summed E-state index contributed by atoms with van der Waals surface area (Å²) in [5.74, 6) is -0.0778. The average molecular weight is 511 g/mol. The number of methoxy groups -OCH3 is 1. The molecule has 13 heteroatoms. The number of hydrogen-bond acceptors (Lipinski definition) is 7. The molecule has 9 nitrogen and oxygen atoms in total. The number of aryl methyl sites for hydroxylation is 1. The first-order valence-corrected chi connectivity index (χ1v) is 10.9. The van der Waals surface area contributed by atoms with Gasteiger partial charge in [0.05, 0.1) is 44.1 Å². The Morgan fingerprint density at radius 3 is 2.86 bits per heavy atom. The third kappa shape index (κ3) is 5.66. The first kappa shape index (κ1) is 24.8. The van der Waals surface area contributed by atoms with E-state index in [9.17, 15) is 23.1 Å². The molecule has 3 heterocycles. The van der Waals surface area contributed by atoms with E-state index in [1.165, 1.54) is 29.0 Å². The minimum atomic E-state index is -4.52. The molecule has 0 radical (unpaired) electrons. The number of β-amino-alcohol motifs (C(OH)–C–C–N with tert-alkyl or cyclic N) is 1. The molecule has 1 aliphatic rings. The number of ether oxygens (including phenoxy) is 1. The summed E-state index contributed by atoms with van der Waals surface area (Å²) in [5, 5.41) is 18.5. The topological polar surface area (TPSA) is 104 Å². The molecule has 4 rings (SSSR count). The van der Waals surface area contributed by atoms with Gasteiger partial charge in [0.25, 0.3) is 5.91 Å². The van der Waals surface area contributed by atoms with Crippen molar-refractivity contribution in [3.05, 3.63) is 70.4 Å². The highest BCUT2D eigenvalue weighted by Gasteiger charge is 2.35. The van der Waals surface area contributed by atoms with Crippen molar-refractivity contribution < 1.29 is 27.8 Å². The van der Waals surface area contributed by atoms with Crippen molar-refractivity contribution in [2.45, 2.75) is 31.7 Å². The number of carbonyl (C=O) groups is 1. The van der Waals surface area contributed by atoms with Crippen molar-refractivity contribution >= 4 is 23.2 Å². The number of aliphatic hydroxyl groups is 1. The number of amides is 1. The van der Waals surface area contributed by atoms with E-state index in [2.05, 4.69) is 20.8 Å². The third-order valence-corrected chi connectivity index (χ3v) is 5.50. The Kier molecular flexibility index (Phi) is 6.88. The highest BCUT2D eigenvalue weighted by atomic mass is 35.5. The van der Waals surface area contributed by atoms with Crippen LogP contribution >= 0.6 is 11.6 Å². The van der Waals surface area contributed by atoms with E-state index in [0.717, 1.165) is 5.56 Å². The maximum absolute atomic E-state index is 13.1. The molecule has 0 saturated heterocycles. The van der Waals surface area contributed by atoms with Crippen LogP contribution in [0.2, 0.25) is 5.02 Å². The molecule has 3 N–H and O–H groups in total. The van der Waals surface area contributed by atoms with Gasteiger partial charge < -0.3 is 20.2 Å². The van der Waals surface area contributed by atoms with Crippen molar-refractivity contribution in [2.24, 2.45) is 0 Å². The summed E-state index contributed by atoms with van der Waals surface area (Å²) >= 11 is 6.17. The second kappa shape index (κ2) is 9.72. The molecule has 35 heavy (non-hydrogen) atoms. The Morgan fingerprint density at radius 2 is 2.14 bits per heavy atom. The minimum absolute atomic E-state index is 0.207. The number of nitrogens with one attached hydrogen (secondary N) is 2. The lowest BCUT2D eigenvalue weighted by atomic mass is 10.0. The predicted molar refractivity (Wildman–Crippen MR) is 121 cm³/mol. The number of benzene rings is 1. The number of hydrazine groups is 1. The van der Waals surface area contributed by atoms with E-state index in [-0.39, 0.29) is 12.1 Å². The highest BCUT2D eigenvalue weighted by Crippen LogP contribution is 2.35. The number of hydrogen-bond donors (Lipinski definition) is 3. The van der Waals surface area contributed by atoms with Gasteiger partial charge in [-0.05, 0) is 30.7 Å². The van der Waals surface area contributed by atoms with Crippen LogP contribution in [0, 0.1) is 6.92 Å². The van der Waals surface area contributed by atoms with E-state index in [4.69, 9.17) is 16.3 Å². The van der Waals surface area contributed by atoms with Gasteiger partial charge in [-0.2, -0.15) is 18.3 Å². The summed E-state index contributed by atoms with van der Waals surface area (Å²) < 4.78 is 45.0. The van der Waals surface area contributed by atoms with E-state index in [1.807, 2.05) is 6.92 Å². The van der Waals surface area contributed by atoms with Crippen molar-refractivity contribution in [3.63, 3.8) is 0 Å². The molecule has 0 aliphatic carbocycles. The molecule has 1 amide bonds. The lowest BCUT2D eigenvalue weighted by molar-refractivity contribution is -0.155. The first-order valence-electron chi connectivity index (χ1n) is 10.5. The highest BCUT2D eigenvalue weighted by molar-refractivity contribution is 6.30. The zero-order valence-corrected chi connectivity index (χ0v) is 19.4. The summed E-state index contributed by atoms with van der Waals surface area (Å²) in [4.78, 5) is 17.4. The Bertz CT molecular complexity index is 1280. The van der Waals surface area contributed by atoms with Crippen LogP contribution in [-0.4, -0.2) is 56.6 Å². The fourth-order valence-electron chi connectivity index (χ4n) is 3.78. The van der Waals surface area contributed by atoms with Crippen molar-refractivity contribution in [3.8, 4) is 5.75 Å². The second-order valence-corrected chi connectivity index (χ2v) is 8.51. The number of halogens is 4. The molecule has 1 aliphatic heterocycles. The van der Waals surface area contributed by atoms with Gasteiger partial charge >= 0.3 is 6.18 Å². The molecule has 186 valence electrons. The number of aliphatic hydroxyl groups excluding tert-OH is 1. The molecule has 2 atom stereocenters. The molecule has 0 fully saturated rings. The molecular weight excluding hydrogens is 489 g/mol. The van der Waals surface area contributed by atoms with Gasteiger partial charge in [0, 0.05) is 29.2 Å². The molecule has 0 bridgehead atoms. The molecule has 1 aromatic carbocycles. The Labute approximate surface area is 203 Å². The van der Waals surface area contributed by atoms with Crippen LogP contribution < -0.4 is 15.5 Å². The smallest absolute Gasteiger partial charge is 0.391 e. The quantitative estimate of drug-likeness (QED) is 0.448. The van der Waals surface area contributed by atoms with Gasteiger partial charge in [-0.15, -0.1) is 0 Å². The number of carbonyl (C=O) groups excluding carboxylic acids is 1. The lowest BCUT2D eigenvalue weighted by Crippen LogP contribution is -2.39. The summed E-state index contributed by atoms with van der Waals surface area (Å²) in [6, 6.07) is 4.14. The fraction of sp³-hybridized carbons (Fsp3) is 0.318. The van der Waals surface area contributed by atoms with Gasteiger partial charge in [-0.25, -0.2) is 14.9 Å². The standard InChI is InChI=1S/C22H22ClF3N6O3/c1-12-7-27-20-16(8-28-32(20)9-12)21(34)29-17-11-31(10-14(33)6-22(24,25)26)30-19(17)15-5-13(23)3-4-18(15)35-2/h3-5,7-9,11,14,19,30,33H,6,10H2,1-2H3,(H,29,34)/t14-,19?/m0/s1. The molecule has 2 aromatic heterocycles. The van der Waals surface area contributed by atoms with Crippen molar-refractivity contribution in [1.29, 1.82) is 0 Å². The molecule has 0 saturated carbocycles. The van der Waals surface area contributed by atoms with Crippen molar-refractivity contribution in [2.75, 3.05) is 13.7 Å². The fourth-order valence-corrected chi connectivity index (χ4v) is 3.96. The number of alkyl halides is 3. The van der Waals surface area contributed by atoms with E-state index in [1.54, 1.807) is 30.6 Å². The van der Waals surface area contributed by atoms with Crippen LogP contribution in [0.25, 0.3) is 5.65 Å². The lowest BCUT2D eigenvalue weighted by Gasteiger charge is -2.24. The van der Waals surface area contributed by atoms with Gasteiger partial charge in [-0.3, -0.25) is 4.79 Å². The molecule has 0 spiro atoms. The zero-order valence-electron chi connectivity index (χ0n) is 18.7. The van der Waals surface area contributed by atoms with Crippen LogP contribution in [0.15, 0.2) is 48.7 Å². The maximum atomic E-state index is 13.1. The Balaban J connectivity index is 1.63.